The van der Waals surface area contributed by atoms with Crippen LogP contribution in [0, 0.1) is 18.2 Å². The Morgan fingerprint density at radius 3 is 3.40 bits per heavy atom. The molecule has 0 N–H and O–H groups in total. The Kier molecular flexibility index (Phi) is 0.688. The van der Waals surface area contributed by atoms with Crippen LogP contribution in [0.15, 0.2) is 0 Å². The van der Waals surface area contributed by atoms with Crippen molar-refractivity contribution in [2.75, 3.05) is 0 Å². The first-order valence-electron chi connectivity index (χ1n) is 2.73. The molecule has 0 radical (unpaired) electrons. The largest absolute Gasteiger partial charge is 0.124 e. The van der Waals surface area contributed by atoms with Crippen LogP contribution in [0.2, 0.25) is 0 Å². The van der Waals surface area contributed by atoms with Crippen molar-refractivity contribution in [3.8, 4) is 12.3 Å². The van der Waals surface area contributed by atoms with Crippen molar-refractivity contribution in [3.05, 3.63) is 0 Å². The predicted molar refractivity (Wildman–Crippen MR) is 23.7 cm³/mol. The molecule has 1 atom stereocenters. The molecule has 0 aromatic carbocycles. The molecular formula is C5H8. The Hall–Kier alpha value is -0.440. The highest BCUT2D eigenvalue weighted by Crippen LogP contribution is 1.81. The van der Waals surface area contributed by atoms with Gasteiger partial charge >= 0.3 is 0 Å². The Balaban J connectivity index is 3.29. The van der Waals surface area contributed by atoms with Crippen LogP contribution in [0.1, 0.15) is 16.6 Å². The third-order valence-corrected chi connectivity index (χ3v) is 0.246. The average Bonchev–Trinajstić information content (AvgIpc) is 1.68. The van der Waals surface area contributed by atoms with Crippen molar-refractivity contribution < 1.29 is 2.74 Å². The molecule has 0 aliphatic heterocycles. The van der Waals surface area contributed by atoms with Crippen molar-refractivity contribution in [1.82, 2.24) is 0 Å². The molecule has 0 nitrogen and oxygen atoms in total. The van der Waals surface area contributed by atoms with Gasteiger partial charge in [0, 0.05) is 7.29 Å². The molecule has 0 aliphatic carbocycles. The van der Waals surface area contributed by atoms with Gasteiger partial charge in [0.2, 0.25) is 0 Å². The maximum absolute atomic E-state index is 6.73. The Morgan fingerprint density at radius 1 is 2.40 bits per heavy atom. The molecule has 0 heterocycles. The summed E-state index contributed by atoms with van der Waals surface area (Å²) in [6.07, 6.45) is 2.00. The average molecular weight is 70.1 g/mol. The second-order valence-electron chi connectivity index (χ2n) is 1.05. The lowest BCUT2D eigenvalue weighted by atomic mass is 10.2. The lowest BCUT2D eigenvalue weighted by Crippen LogP contribution is -1.72. The molecule has 0 fully saturated rings. The van der Waals surface area contributed by atoms with Gasteiger partial charge < -0.3 is 0 Å². The van der Waals surface area contributed by atoms with E-state index in [2.05, 4.69) is 5.92 Å². The SMILES string of the molecule is [2H]C#CC(C)C[2H]. The monoisotopic (exact) mass is 70.1 g/mol. The van der Waals surface area contributed by atoms with Crippen molar-refractivity contribution in [2.24, 2.45) is 5.92 Å². The summed E-state index contributed by atoms with van der Waals surface area (Å²) in [6.45, 7) is 2.13. The molecule has 0 saturated heterocycles. The molecule has 0 amide bonds. The van der Waals surface area contributed by atoms with Crippen molar-refractivity contribution in [3.63, 3.8) is 0 Å². The number of rotatable bonds is 0. The van der Waals surface area contributed by atoms with Crippen molar-refractivity contribution in [1.29, 1.82) is 0 Å². The van der Waals surface area contributed by atoms with Crippen LogP contribution in [0.5, 0.6) is 0 Å². The normalized spacial score (nSPS) is 17.0. The molecule has 1 unspecified atom stereocenters. The standard InChI is InChI=1S/C5H8/c1-4-5(2)3/h1,5H,2-3H3/i1D,2D. The molecular weight excluding hydrogens is 60.1 g/mol. The molecule has 0 spiro atoms. The van der Waals surface area contributed by atoms with Gasteiger partial charge in [-0.1, -0.05) is 13.8 Å². The summed E-state index contributed by atoms with van der Waals surface area (Å²) >= 11 is 0. The smallest absolute Gasteiger partial charge is 0.120 e. The Bertz CT molecular complexity index is 88.0. The van der Waals surface area contributed by atoms with E-state index in [9.17, 15) is 0 Å². The summed E-state index contributed by atoms with van der Waals surface area (Å²) in [7, 11) is 0. The van der Waals surface area contributed by atoms with E-state index < -0.39 is 0 Å². The lowest BCUT2D eigenvalue weighted by molar-refractivity contribution is 0.868. The van der Waals surface area contributed by atoms with E-state index in [4.69, 9.17) is 2.74 Å². The van der Waals surface area contributed by atoms with Gasteiger partial charge in [0.15, 0.2) is 0 Å². The van der Waals surface area contributed by atoms with Gasteiger partial charge in [-0.15, -0.1) is 12.3 Å². The van der Waals surface area contributed by atoms with Gasteiger partial charge in [-0.05, 0) is 0 Å². The van der Waals surface area contributed by atoms with Gasteiger partial charge in [0.05, 0.1) is 0 Å². The van der Waals surface area contributed by atoms with E-state index in [1.165, 1.54) is 0 Å². The third kappa shape index (κ3) is 3.56. The van der Waals surface area contributed by atoms with E-state index in [1.54, 1.807) is 0 Å². The summed E-state index contributed by atoms with van der Waals surface area (Å²) in [5, 5.41) is 0. The number of hydrogen-bond acceptors (Lipinski definition) is 0. The maximum Gasteiger partial charge on any atom is 0.124 e. The molecule has 0 aromatic rings. The fourth-order valence-electron chi connectivity index (χ4n) is 0. The van der Waals surface area contributed by atoms with Gasteiger partial charge in [0.25, 0.3) is 0 Å². The van der Waals surface area contributed by atoms with Gasteiger partial charge in [-0.2, -0.15) is 0 Å². The minimum Gasteiger partial charge on any atom is -0.120 e. The van der Waals surface area contributed by atoms with Gasteiger partial charge in [-0.3, -0.25) is 0 Å². The molecule has 0 aromatic heterocycles. The first-order valence-corrected chi connectivity index (χ1v) is 1.52. The first-order chi connectivity index (χ1) is 3.31. The molecule has 0 saturated carbocycles. The van der Waals surface area contributed by atoms with Crippen LogP contribution in [0.25, 0.3) is 0 Å². The topological polar surface area (TPSA) is 0 Å². The van der Waals surface area contributed by atoms with E-state index in [0.29, 0.717) is 6.90 Å². The first kappa shape index (κ1) is 1.87. The highest BCUT2D eigenvalue weighted by molar-refractivity contribution is 4.86. The minimum atomic E-state index is 0.0671. The van der Waals surface area contributed by atoms with E-state index in [0.717, 1.165) is 0 Å². The van der Waals surface area contributed by atoms with Crippen LogP contribution in [-0.2, 0) is 0 Å². The summed E-state index contributed by atoms with van der Waals surface area (Å²) in [6, 6.07) is 0. The van der Waals surface area contributed by atoms with E-state index >= 15 is 0 Å². The summed E-state index contributed by atoms with van der Waals surface area (Å²) in [4.78, 5) is 0. The van der Waals surface area contributed by atoms with Crippen LogP contribution >= 0.6 is 0 Å². The summed E-state index contributed by atoms with van der Waals surface area (Å²) in [5.74, 6) is 2.59. The zero-order chi connectivity index (χ0) is 5.70. The van der Waals surface area contributed by atoms with E-state index in [1.807, 2.05) is 13.3 Å². The fourth-order valence-corrected chi connectivity index (χ4v) is 0. The number of terminal acetylenes is 1. The lowest BCUT2D eigenvalue weighted by Gasteiger charge is -1.80. The van der Waals surface area contributed by atoms with Crippen molar-refractivity contribution in [2.45, 2.75) is 13.8 Å². The quantitative estimate of drug-likeness (QED) is 0.376. The molecule has 0 bridgehead atoms. The van der Waals surface area contributed by atoms with Gasteiger partial charge in [-0.25, -0.2) is 0 Å². The van der Waals surface area contributed by atoms with Crippen LogP contribution < -0.4 is 0 Å². The van der Waals surface area contributed by atoms with Gasteiger partial charge in [0.1, 0.15) is 1.37 Å². The highest BCUT2D eigenvalue weighted by atomic mass is 13.8. The summed E-state index contributed by atoms with van der Waals surface area (Å²) in [5.41, 5.74) is 0. The fraction of sp³-hybridized carbons (Fsp3) is 0.600. The number of hydrogen-bond donors (Lipinski definition) is 0. The summed E-state index contributed by atoms with van der Waals surface area (Å²) < 4.78 is 13.1. The Labute approximate surface area is 36.0 Å². The molecule has 0 heteroatoms. The van der Waals surface area contributed by atoms with E-state index in [-0.39, 0.29) is 5.92 Å². The molecule has 28 valence electrons. The molecule has 5 heavy (non-hydrogen) atoms. The van der Waals surface area contributed by atoms with Crippen molar-refractivity contribution >= 4 is 0 Å². The van der Waals surface area contributed by atoms with Crippen LogP contribution in [-0.4, -0.2) is 0 Å². The third-order valence-electron chi connectivity index (χ3n) is 0.246. The zero-order valence-electron chi connectivity index (χ0n) is 5.28. The van der Waals surface area contributed by atoms with Crippen LogP contribution in [0.4, 0.5) is 0 Å². The zero-order valence-corrected chi connectivity index (χ0v) is 3.28. The second kappa shape index (κ2) is 1.84. The molecule has 0 aliphatic rings. The minimum absolute atomic E-state index is 0.0671. The Morgan fingerprint density at radius 2 is 3.20 bits per heavy atom. The van der Waals surface area contributed by atoms with Crippen LogP contribution in [0.3, 0.4) is 0 Å². The molecule has 0 rings (SSSR count). The maximum atomic E-state index is 6.73. The predicted octanol–water partition coefficient (Wildman–Crippen LogP) is 1.28. The highest BCUT2D eigenvalue weighted by Gasteiger charge is 1.74. The second-order valence-corrected chi connectivity index (χ2v) is 1.05.